The summed E-state index contributed by atoms with van der Waals surface area (Å²) in [4.78, 5) is 0. The Labute approximate surface area is 87.5 Å². The second-order valence-corrected chi connectivity index (χ2v) is 3.86. The smallest absolute Gasteiger partial charge is 0.0105 e. The van der Waals surface area contributed by atoms with E-state index in [9.17, 15) is 0 Å². The van der Waals surface area contributed by atoms with Crippen molar-refractivity contribution >= 4 is 0 Å². The maximum atomic E-state index is 3.50. The highest BCUT2D eigenvalue weighted by Crippen LogP contribution is 2.08. The van der Waals surface area contributed by atoms with Crippen molar-refractivity contribution in [1.29, 1.82) is 0 Å². The van der Waals surface area contributed by atoms with Crippen LogP contribution in [-0.4, -0.2) is 12.6 Å². The zero-order valence-corrected chi connectivity index (χ0v) is 9.51. The molecule has 0 saturated heterocycles. The second kappa shape index (κ2) is 5.82. The SMILES string of the molecule is CCNC(CC)Cc1cccc(C)c1. The van der Waals surface area contributed by atoms with E-state index in [-0.39, 0.29) is 0 Å². The molecule has 0 aliphatic rings. The molecule has 1 N–H and O–H groups in total. The molecule has 1 rings (SSSR count). The molecule has 1 unspecified atom stereocenters. The predicted molar refractivity (Wildman–Crippen MR) is 62.6 cm³/mol. The molecule has 0 bridgehead atoms. The van der Waals surface area contributed by atoms with Gasteiger partial charge < -0.3 is 5.32 Å². The van der Waals surface area contributed by atoms with Crippen LogP contribution in [0.2, 0.25) is 0 Å². The second-order valence-electron chi connectivity index (χ2n) is 3.86. The van der Waals surface area contributed by atoms with Gasteiger partial charge in [0.1, 0.15) is 0 Å². The van der Waals surface area contributed by atoms with Crippen LogP contribution in [-0.2, 0) is 6.42 Å². The minimum atomic E-state index is 0.627. The van der Waals surface area contributed by atoms with Gasteiger partial charge in [0, 0.05) is 6.04 Å². The fourth-order valence-electron chi connectivity index (χ4n) is 1.77. The molecule has 1 heteroatoms. The fourth-order valence-corrected chi connectivity index (χ4v) is 1.77. The summed E-state index contributed by atoms with van der Waals surface area (Å²) in [6.45, 7) is 7.62. The average molecular weight is 191 g/mol. The van der Waals surface area contributed by atoms with Crippen molar-refractivity contribution in [3.63, 3.8) is 0 Å². The van der Waals surface area contributed by atoms with Crippen molar-refractivity contribution in [2.75, 3.05) is 6.54 Å². The van der Waals surface area contributed by atoms with E-state index < -0.39 is 0 Å². The summed E-state index contributed by atoms with van der Waals surface area (Å²) < 4.78 is 0. The third-order valence-corrected chi connectivity index (χ3v) is 2.55. The van der Waals surface area contributed by atoms with Gasteiger partial charge in [-0.05, 0) is 31.9 Å². The lowest BCUT2D eigenvalue weighted by molar-refractivity contribution is 0.510. The molecule has 1 aromatic rings. The molecule has 1 nitrogen and oxygen atoms in total. The van der Waals surface area contributed by atoms with Crippen LogP contribution in [0.4, 0.5) is 0 Å². The summed E-state index contributed by atoms with van der Waals surface area (Å²) >= 11 is 0. The monoisotopic (exact) mass is 191 g/mol. The minimum Gasteiger partial charge on any atom is -0.314 e. The van der Waals surface area contributed by atoms with Crippen LogP contribution in [0, 0.1) is 6.92 Å². The van der Waals surface area contributed by atoms with E-state index in [1.807, 2.05) is 0 Å². The summed E-state index contributed by atoms with van der Waals surface area (Å²) in [6.07, 6.45) is 2.34. The Morgan fingerprint density at radius 2 is 2.07 bits per heavy atom. The number of hydrogen-bond donors (Lipinski definition) is 1. The Morgan fingerprint density at radius 3 is 2.64 bits per heavy atom. The Kier molecular flexibility index (Phi) is 4.68. The first-order chi connectivity index (χ1) is 6.76. The molecule has 0 heterocycles. The van der Waals surface area contributed by atoms with Gasteiger partial charge in [-0.3, -0.25) is 0 Å². The van der Waals surface area contributed by atoms with E-state index >= 15 is 0 Å². The van der Waals surface area contributed by atoms with Crippen molar-refractivity contribution in [3.8, 4) is 0 Å². The van der Waals surface area contributed by atoms with Crippen molar-refractivity contribution in [2.45, 2.75) is 39.7 Å². The van der Waals surface area contributed by atoms with E-state index in [1.165, 1.54) is 17.5 Å². The number of aryl methyl sites for hydroxylation is 1. The standard InChI is InChI=1S/C13H21N/c1-4-13(14-5-2)10-12-8-6-7-11(3)9-12/h6-9,13-14H,4-5,10H2,1-3H3. The van der Waals surface area contributed by atoms with E-state index in [0.29, 0.717) is 6.04 Å². The van der Waals surface area contributed by atoms with Crippen LogP contribution in [0.1, 0.15) is 31.4 Å². The summed E-state index contributed by atoms with van der Waals surface area (Å²) in [6, 6.07) is 9.41. The summed E-state index contributed by atoms with van der Waals surface area (Å²) in [5, 5.41) is 3.50. The molecule has 1 atom stereocenters. The zero-order valence-electron chi connectivity index (χ0n) is 9.51. The highest BCUT2D eigenvalue weighted by molar-refractivity contribution is 5.22. The Bertz CT molecular complexity index is 268. The average Bonchev–Trinajstić information content (AvgIpc) is 2.17. The number of benzene rings is 1. The van der Waals surface area contributed by atoms with Crippen molar-refractivity contribution < 1.29 is 0 Å². The molecule has 0 radical (unpaired) electrons. The van der Waals surface area contributed by atoms with Gasteiger partial charge in [0.2, 0.25) is 0 Å². The van der Waals surface area contributed by atoms with Crippen LogP contribution in [0.5, 0.6) is 0 Å². The van der Waals surface area contributed by atoms with Crippen LogP contribution in [0.15, 0.2) is 24.3 Å². The van der Waals surface area contributed by atoms with E-state index in [1.54, 1.807) is 0 Å². The van der Waals surface area contributed by atoms with Crippen molar-refractivity contribution in [3.05, 3.63) is 35.4 Å². The first-order valence-electron chi connectivity index (χ1n) is 5.55. The third-order valence-electron chi connectivity index (χ3n) is 2.55. The summed E-state index contributed by atoms with van der Waals surface area (Å²) in [5.41, 5.74) is 2.80. The molecular formula is C13H21N. The Hall–Kier alpha value is -0.820. The first kappa shape index (κ1) is 11.3. The molecule has 0 aromatic heterocycles. The molecule has 0 aliphatic heterocycles. The Morgan fingerprint density at radius 1 is 1.29 bits per heavy atom. The van der Waals surface area contributed by atoms with E-state index in [2.05, 4.69) is 50.4 Å². The van der Waals surface area contributed by atoms with Gasteiger partial charge in [-0.25, -0.2) is 0 Å². The predicted octanol–water partition coefficient (Wildman–Crippen LogP) is 2.93. The summed E-state index contributed by atoms with van der Waals surface area (Å²) in [5.74, 6) is 0. The highest BCUT2D eigenvalue weighted by Gasteiger charge is 2.04. The molecule has 0 amide bonds. The molecule has 1 aromatic carbocycles. The quantitative estimate of drug-likeness (QED) is 0.754. The number of nitrogens with one attached hydrogen (secondary N) is 1. The maximum absolute atomic E-state index is 3.50. The maximum Gasteiger partial charge on any atom is 0.0105 e. The van der Waals surface area contributed by atoms with Gasteiger partial charge in [0.15, 0.2) is 0 Å². The van der Waals surface area contributed by atoms with Gasteiger partial charge in [0.05, 0.1) is 0 Å². The lowest BCUT2D eigenvalue weighted by Crippen LogP contribution is -2.30. The topological polar surface area (TPSA) is 12.0 Å². The van der Waals surface area contributed by atoms with E-state index in [4.69, 9.17) is 0 Å². The normalized spacial score (nSPS) is 12.8. The van der Waals surface area contributed by atoms with Gasteiger partial charge >= 0.3 is 0 Å². The summed E-state index contributed by atoms with van der Waals surface area (Å²) in [7, 11) is 0. The molecular weight excluding hydrogens is 170 g/mol. The Balaban J connectivity index is 2.57. The van der Waals surface area contributed by atoms with Gasteiger partial charge in [-0.2, -0.15) is 0 Å². The molecule has 0 aliphatic carbocycles. The number of hydrogen-bond acceptors (Lipinski definition) is 1. The zero-order chi connectivity index (χ0) is 10.4. The first-order valence-corrected chi connectivity index (χ1v) is 5.55. The van der Waals surface area contributed by atoms with Gasteiger partial charge in [-0.15, -0.1) is 0 Å². The highest BCUT2D eigenvalue weighted by atomic mass is 14.9. The van der Waals surface area contributed by atoms with Crippen molar-refractivity contribution in [1.82, 2.24) is 5.32 Å². The molecule has 0 spiro atoms. The molecule has 0 fully saturated rings. The molecule has 78 valence electrons. The fraction of sp³-hybridized carbons (Fsp3) is 0.538. The van der Waals surface area contributed by atoms with E-state index in [0.717, 1.165) is 13.0 Å². The molecule has 0 saturated carbocycles. The van der Waals surface area contributed by atoms with Gasteiger partial charge in [-0.1, -0.05) is 43.7 Å². The van der Waals surface area contributed by atoms with Crippen LogP contribution in [0.25, 0.3) is 0 Å². The third kappa shape index (κ3) is 3.51. The van der Waals surface area contributed by atoms with Crippen LogP contribution >= 0.6 is 0 Å². The van der Waals surface area contributed by atoms with Crippen molar-refractivity contribution in [2.24, 2.45) is 0 Å². The minimum absolute atomic E-state index is 0.627. The molecule has 14 heavy (non-hydrogen) atoms. The number of likely N-dealkylation sites (N-methyl/N-ethyl adjacent to an activating group) is 1. The lowest BCUT2D eigenvalue weighted by Gasteiger charge is -2.15. The number of rotatable bonds is 5. The van der Waals surface area contributed by atoms with Gasteiger partial charge in [0.25, 0.3) is 0 Å². The van der Waals surface area contributed by atoms with Crippen LogP contribution < -0.4 is 5.32 Å². The van der Waals surface area contributed by atoms with Crippen LogP contribution in [0.3, 0.4) is 0 Å². The largest absolute Gasteiger partial charge is 0.314 e. The lowest BCUT2D eigenvalue weighted by atomic mass is 10.0.